The quantitative estimate of drug-likeness (QED) is 0.0427. The smallest absolute Gasteiger partial charge is 0.264 e. The Kier molecular flexibility index (Phi) is 18.3. The number of nitrogens with zero attached hydrogens (tertiary/aromatic N) is 6. The molecule has 0 saturated carbocycles. The highest BCUT2D eigenvalue weighted by molar-refractivity contribution is 6.31. The third-order valence-electron chi connectivity index (χ3n) is 13.2. The molecule has 3 saturated heterocycles. The van der Waals surface area contributed by atoms with Gasteiger partial charge in [-0.05, 0) is 81.2 Å². The van der Waals surface area contributed by atoms with Crippen LogP contribution in [0.1, 0.15) is 59.2 Å². The minimum absolute atomic E-state index is 0.0276. The van der Waals surface area contributed by atoms with Gasteiger partial charge in [0.1, 0.15) is 29.8 Å². The molecular formula is C51H60ClFN10O10. The van der Waals surface area contributed by atoms with E-state index in [1.54, 1.807) is 36.4 Å². The van der Waals surface area contributed by atoms with Gasteiger partial charge in [0.05, 0.1) is 80.0 Å². The van der Waals surface area contributed by atoms with Crippen molar-refractivity contribution in [2.75, 3.05) is 115 Å². The molecule has 5 heterocycles. The van der Waals surface area contributed by atoms with Crippen molar-refractivity contribution in [2.24, 2.45) is 0 Å². The first-order valence-corrected chi connectivity index (χ1v) is 25.0. The van der Waals surface area contributed by atoms with Crippen molar-refractivity contribution in [3.8, 4) is 5.75 Å². The average molecular weight is 1030 g/mol. The van der Waals surface area contributed by atoms with Crippen LogP contribution in [-0.4, -0.2) is 176 Å². The number of piperazine rings is 1. The molecule has 1 atom stereocenters. The average Bonchev–Trinajstić information content (AvgIpc) is 3.65. The van der Waals surface area contributed by atoms with Crippen molar-refractivity contribution < 1.29 is 52.1 Å². The van der Waals surface area contributed by atoms with Gasteiger partial charge in [-0.2, -0.15) is 0 Å². The minimum Gasteiger partial charge on any atom is -0.491 e. The number of likely N-dealkylation sites (tertiary alicyclic amines) is 1. The molecule has 388 valence electrons. The maximum absolute atomic E-state index is 13.8. The number of piperidine rings is 2. The summed E-state index contributed by atoms with van der Waals surface area (Å²) >= 11 is 5.98. The number of amides is 6. The normalized spacial score (nSPS) is 17.7. The summed E-state index contributed by atoms with van der Waals surface area (Å²) in [5.74, 6) is -2.14. The lowest BCUT2D eigenvalue weighted by molar-refractivity contribution is -0.136. The van der Waals surface area contributed by atoms with Gasteiger partial charge in [-0.3, -0.25) is 43.9 Å². The molecular weight excluding hydrogens is 967 g/mol. The fraction of sp³-hybridized carbons (Fsp3) is 0.451. The second kappa shape index (κ2) is 25.4. The summed E-state index contributed by atoms with van der Waals surface area (Å²) in [6.07, 6.45) is 5.93. The van der Waals surface area contributed by atoms with E-state index < -0.39 is 41.4 Å². The first-order valence-electron chi connectivity index (χ1n) is 24.6. The molecule has 4 aromatic rings. The van der Waals surface area contributed by atoms with E-state index in [2.05, 4.69) is 47.6 Å². The Labute approximate surface area is 426 Å². The van der Waals surface area contributed by atoms with Crippen LogP contribution in [0.15, 0.2) is 67.5 Å². The number of ether oxygens (including phenoxy) is 4. The van der Waals surface area contributed by atoms with E-state index in [-0.39, 0.29) is 34.9 Å². The van der Waals surface area contributed by atoms with Crippen LogP contribution in [0.5, 0.6) is 5.75 Å². The molecule has 1 unspecified atom stereocenters. The molecule has 4 N–H and O–H groups in total. The van der Waals surface area contributed by atoms with Crippen molar-refractivity contribution in [3.63, 3.8) is 0 Å². The molecule has 0 aliphatic carbocycles. The van der Waals surface area contributed by atoms with Gasteiger partial charge in [0.2, 0.25) is 23.6 Å². The highest BCUT2D eigenvalue weighted by Gasteiger charge is 2.45. The summed E-state index contributed by atoms with van der Waals surface area (Å²) in [7, 11) is 0. The molecule has 22 heteroatoms. The van der Waals surface area contributed by atoms with Crippen LogP contribution in [0.4, 0.5) is 27.3 Å². The summed E-state index contributed by atoms with van der Waals surface area (Å²) < 4.78 is 36.9. The van der Waals surface area contributed by atoms with Gasteiger partial charge in [0.15, 0.2) is 0 Å². The van der Waals surface area contributed by atoms with E-state index in [4.69, 9.17) is 30.5 Å². The number of carbonyl (C=O) groups excluding carboxylic acids is 6. The van der Waals surface area contributed by atoms with Crippen LogP contribution in [0, 0.1) is 5.82 Å². The third kappa shape index (κ3) is 13.5. The molecule has 20 nitrogen and oxygen atoms in total. The maximum Gasteiger partial charge on any atom is 0.264 e. The molecule has 0 radical (unpaired) electrons. The fourth-order valence-electron chi connectivity index (χ4n) is 9.39. The predicted octanol–water partition coefficient (Wildman–Crippen LogP) is 4.62. The second-order valence-electron chi connectivity index (χ2n) is 17.9. The van der Waals surface area contributed by atoms with Crippen molar-refractivity contribution in [1.82, 2.24) is 34.9 Å². The first-order chi connectivity index (χ1) is 35.5. The van der Waals surface area contributed by atoms with Crippen molar-refractivity contribution in [3.05, 3.63) is 89.5 Å². The number of anilines is 4. The molecule has 73 heavy (non-hydrogen) atoms. The lowest BCUT2D eigenvalue weighted by Crippen LogP contribution is -2.54. The maximum atomic E-state index is 13.8. The van der Waals surface area contributed by atoms with Crippen molar-refractivity contribution in [2.45, 2.75) is 50.6 Å². The summed E-state index contributed by atoms with van der Waals surface area (Å²) in [6, 6.07) is 12.1. The van der Waals surface area contributed by atoms with Crippen LogP contribution in [0.25, 0.3) is 10.9 Å². The second-order valence-corrected chi connectivity index (χ2v) is 18.3. The van der Waals surface area contributed by atoms with Gasteiger partial charge in [-0.1, -0.05) is 24.2 Å². The summed E-state index contributed by atoms with van der Waals surface area (Å²) in [5, 5.41) is 11.9. The molecule has 0 spiro atoms. The topological polar surface area (TPSA) is 226 Å². The molecule has 3 fully saturated rings. The zero-order valence-corrected chi connectivity index (χ0v) is 41.3. The number of imide groups is 2. The number of carbonyl (C=O) groups is 6. The van der Waals surface area contributed by atoms with Gasteiger partial charge in [-0.15, -0.1) is 0 Å². The van der Waals surface area contributed by atoms with Crippen LogP contribution < -0.4 is 26.0 Å². The lowest BCUT2D eigenvalue weighted by Gasteiger charge is -2.42. The molecule has 4 aliphatic heterocycles. The zero-order chi connectivity index (χ0) is 51.3. The van der Waals surface area contributed by atoms with Crippen LogP contribution in [0.2, 0.25) is 5.02 Å². The Balaban J connectivity index is 0.652. The minimum atomic E-state index is -1.03. The zero-order valence-electron chi connectivity index (χ0n) is 40.5. The number of nitrogens with one attached hydrogen (secondary N) is 4. The number of rotatable bonds is 24. The monoisotopic (exact) mass is 1030 g/mol. The van der Waals surface area contributed by atoms with Crippen LogP contribution >= 0.6 is 11.6 Å². The Morgan fingerprint density at radius 3 is 2.34 bits per heavy atom. The van der Waals surface area contributed by atoms with E-state index in [0.717, 1.165) is 56.9 Å². The number of aromatic nitrogens is 2. The Bertz CT molecular complexity index is 2680. The van der Waals surface area contributed by atoms with Crippen molar-refractivity contribution >= 4 is 80.8 Å². The Hall–Kier alpha value is -6.62. The number of benzene rings is 3. The summed E-state index contributed by atoms with van der Waals surface area (Å²) in [4.78, 5) is 92.2. The van der Waals surface area contributed by atoms with Gasteiger partial charge in [-0.25, -0.2) is 14.4 Å². The lowest BCUT2D eigenvalue weighted by atomic mass is 10.0. The van der Waals surface area contributed by atoms with Gasteiger partial charge < -0.3 is 44.7 Å². The first kappa shape index (κ1) is 52.7. The van der Waals surface area contributed by atoms with Crippen LogP contribution in [-0.2, 0) is 33.4 Å². The van der Waals surface area contributed by atoms with Crippen molar-refractivity contribution in [1.29, 1.82) is 0 Å². The predicted molar refractivity (Wildman–Crippen MR) is 269 cm³/mol. The van der Waals surface area contributed by atoms with E-state index in [1.165, 1.54) is 24.5 Å². The van der Waals surface area contributed by atoms with E-state index in [0.29, 0.717) is 118 Å². The molecule has 4 aliphatic rings. The molecule has 8 rings (SSSR count). The number of hydrogen-bond donors (Lipinski definition) is 4. The largest absolute Gasteiger partial charge is 0.491 e. The van der Waals surface area contributed by atoms with Gasteiger partial charge in [0.25, 0.3) is 11.8 Å². The SMILES string of the molecule is C=CC(=O)Nc1cc2c(Nc3ccc(F)c(Cl)c3)ncnc2cc1OCCCN1CCC(N2CCN(C(=O)CCOCCOCCOCCNc3cccc4c3C(=O)N(C3CCC(=O)NC3=O)C4=O)CC2)CC1. The van der Waals surface area contributed by atoms with Gasteiger partial charge in [0, 0.05) is 74.6 Å². The molecule has 6 amide bonds. The van der Waals surface area contributed by atoms with Gasteiger partial charge >= 0.3 is 0 Å². The molecule has 1 aromatic heterocycles. The molecule has 0 bridgehead atoms. The summed E-state index contributed by atoms with van der Waals surface area (Å²) in [5.41, 5.74) is 2.42. The highest BCUT2D eigenvalue weighted by Crippen LogP contribution is 2.35. The number of hydrogen-bond acceptors (Lipinski definition) is 16. The Morgan fingerprint density at radius 2 is 1.60 bits per heavy atom. The molecule has 3 aromatic carbocycles. The van der Waals surface area contributed by atoms with E-state index in [9.17, 15) is 33.2 Å². The number of fused-ring (bicyclic) bond motifs is 2. The standard InChI is InChI=1S/C51H60ClFN10O10/c1-2-44(64)58-41-30-36-40(55-32-56-48(36)57-33-7-8-38(53)37(52)29-33)31-43(41)73-22-4-15-60-16-11-34(12-17-60)61-18-20-62(21-19-61)46(66)13-23-70-25-27-72-28-26-71-24-14-54-39-6-3-5-35-47(39)51(69)63(50(35)68)42-9-10-45(65)59-49(42)67/h2-3,5-8,29-32,34,42,54H,1,4,9-28H2,(H,58,64)(H,55,56,57)(H,59,65,67). The van der Waals surface area contributed by atoms with E-state index in [1.807, 2.05) is 4.90 Å². The number of halogens is 2. The third-order valence-corrected chi connectivity index (χ3v) is 13.5. The van der Waals surface area contributed by atoms with Crippen LogP contribution in [0.3, 0.4) is 0 Å². The van der Waals surface area contributed by atoms with E-state index >= 15 is 0 Å². The Morgan fingerprint density at radius 1 is 0.849 bits per heavy atom. The summed E-state index contributed by atoms with van der Waals surface area (Å²) in [6.45, 7) is 12.3. The highest BCUT2D eigenvalue weighted by atomic mass is 35.5. The fourth-order valence-corrected chi connectivity index (χ4v) is 9.57.